The highest BCUT2D eigenvalue weighted by Gasteiger charge is 2.08. The second kappa shape index (κ2) is 7.25. The van der Waals surface area contributed by atoms with Gasteiger partial charge in [0, 0.05) is 29.0 Å². The predicted molar refractivity (Wildman–Crippen MR) is 102 cm³/mol. The number of fused-ring (bicyclic) bond motifs is 3. The molecule has 7 heteroatoms. The molecule has 134 valence electrons. The molecule has 0 bridgehead atoms. The number of hydrogen-bond acceptors (Lipinski definition) is 5. The van der Waals surface area contributed by atoms with Crippen molar-refractivity contribution in [3.8, 4) is 5.75 Å². The summed E-state index contributed by atoms with van der Waals surface area (Å²) in [5, 5.41) is 17.5. The van der Waals surface area contributed by atoms with Crippen molar-refractivity contribution in [1.29, 1.82) is 0 Å². The molecule has 0 radical (unpaired) electrons. The highest BCUT2D eigenvalue weighted by molar-refractivity contribution is 5.94. The normalized spacial score (nSPS) is 11.3. The zero-order valence-corrected chi connectivity index (χ0v) is 14.7. The molecule has 4 aromatic rings. The average molecular weight is 359 g/mol. The zero-order chi connectivity index (χ0) is 18.6. The van der Waals surface area contributed by atoms with E-state index in [1.807, 2.05) is 48.5 Å². The predicted octanol–water partition coefficient (Wildman–Crippen LogP) is 2.62. The van der Waals surface area contributed by atoms with Gasteiger partial charge in [-0.3, -0.25) is 4.79 Å². The van der Waals surface area contributed by atoms with Crippen LogP contribution in [-0.4, -0.2) is 32.8 Å². The number of amides is 1. The van der Waals surface area contributed by atoms with Gasteiger partial charge in [0.2, 0.25) is 5.91 Å². The smallest absolute Gasteiger partial charge is 0.244 e. The van der Waals surface area contributed by atoms with Gasteiger partial charge in [-0.15, -0.1) is 10.2 Å². The van der Waals surface area contributed by atoms with Gasteiger partial charge in [0.05, 0.1) is 13.3 Å². The van der Waals surface area contributed by atoms with Crippen molar-refractivity contribution in [3.63, 3.8) is 0 Å². The zero-order valence-electron chi connectivity index (χ0n) is 14.7. The first-order chi connectivity index (χ1) is 13.3. The van der Waals surface area contributed by atoms with E-state index in [1.165, 1.54) is 6.08 Å². The Hall–Kier alpha value is -3.74. The van der Waals surface area contributed by atoms with E-state index < -0.39 is 0 Å². The van der Waals surface area contributed by atoms with E-state index in [-0.39, 0.29) is 5.91 Å². The molecule has 0 saturated carbocycles. The van der Waals surface area contributed by atoms with E-state index in [9.17, 15) is 4.79 Å². The lowest BCUT2D eigenvalue weighted by Crippen LogP contribution is -2.20. The molecule has 1 amide bonds. The number of nitrogens with one attached hydrogen (secondary N) is 1. The quantitative estimate of drug-likeness (QED) is 0.554. The van der Waals surface area contributed by atoms with Crippen LogP contribution in [0.4, 0.5) is 0 Å². The lowest BCUT2D eigenvalue weighted by atomic mass is 10.2. The third kappa shape index (κ3) is 3.35. The number of para-hydroxylation sites is 1. The largest absolute Gasteiger partial charge is 0.496 e. The number of ether oxygens (including phenoxy) is 1. The fourth-order valence-electron chi connectivity index (χ4n) is 2.85. The summed E-state index contributed by atoms with van der Waals surface area (Å²) >= 11 is 0. The van der Waals surface area contributed by atoms with E-state index in [0.717, 1.165) is 22.1 Å². The van der Waals surface area contributed by atoms with Crippen molar-refractivity contribution in [2.45, 2.75) is 6.54 Å². The van der Waals surface area contributed by atoms with Gasteiger partial charge in [-0.1, -0.05) is 42.5 Å². The maximum atomic E-state index is 12.1. The summed E-state index contributed by atoms with van der Waals surface area (Å²) in [6.07, 6.45) is 4.77. The third-order valence-electron chi connectivity index (χ3n) is 4.21. The minimum absolute atomic E-state index is 0.238. The molecule has 0 unspecified atom stereocenters. The first-order valence-corrected chi connectivity index (χ1v) is 8.43. The van der Waals surface area contributed by atoms with Gasteiger partial charge in [-0.25, -0.2) is 0 Å². The van der Waals surface area contributed by atoms with Gasteiger partial charge >= 0.3 is 0 Å². The number of carbonyl (C=O) groups is 1. The second-order valence-electron chi connectivity index (χ2n) is 5.89. The highest BCUT2D eigenvalue weighted by atomic mass is 16.5. The average Bonchev–Trinajstić information content (AvgIpc) is 3.14. The number of aromatic nitrogens is 4. The minimum atomic E-state index is -0.238. The van der Waals surface area contributed by atoms with Crippen LogP contribution in [0.2, 0.25) is 0 Å². The first-order valence-electron chi connectivity index (χ1n) is 8.43. The van der Waals surface area contributed by atoms with Crippen LogP contribution in [0.5, 0.6) is 5.75 Å². The third-order valence-corrected chi connectivity index (χ3v) is 4.21. The maximum Gasteiger partial charge on any atom is 0.244 e. The molecular formula is C20H17N5O2. The summed E-state index contributed by atoms with van der Waals surface area (Å²) in [4.78, 5) is 12.1. The molecule has 7 nitrogen and oxygen atoms in total. The topological polar surface area (TPSA) is 81.4 Å². The van der Waals surface area contributed by atoms with Gasteiger partial charge in [0.1, 0.15) is 5.75 Å². The van der Waals surface area contributed by atoms with Crippen molar-refractivity contribution in [3.05, 3.63) is 72.2 Å². The molecule has 2 aromatic carbocycles. The molecule has 27 heavy (non-hydrogen) atoms. The van der Waals surface area contributed by atoms with Crippen LogP contribution in [-0.2, 0) is 11.3 Å². The van der Waals surface area contributed by atoms with Crippen LogP contribution in [0.15, 0.2) is 60.8 Å². The summed E-state index contributed by atoms with van der Waals surface area (Å²) in [5.41, 5.74) is 1.56. The number of hydrogen-bond donors (Lipinski definition) is 1. The van der Waals surface area contributed by atoms with Crippen LogP contribution in [0.1, 0.15) is 11.4 Å². The molecule has 0 aliphatic rings. The van der Waals surface area contributed by atoms with Gasteiger partial charge in [-0.2, -0.15) is 9.61 Å². The van der Waals surface area contributed by atoms with Crippen molar-refractivity contribution >= 4 is 28.4 Å². The summed E-state index contributed by atoms with van der Waals surface area (Å²) in [7, 11) is 1.60. The Balaban J connectivity index is 1.51. The Morgan fingerprint density at radius 3 is 2.85 bits per heavy atom. The van der Waals surface area contributed by atoms with Crippen molar-refractivity contribution < 1.29 is 9.53 Å². The molecule has 2 heterocycles. The van der Waals surface area contributed by atoms with Crippen LogP contribution >= 0.6 is 0 Å². The van der Waals surface area contributed by atoms with E-state index in [0.29, 0.717) is 18.0 Å². The Morgan fingerprint density at radius 1 is 1.15 bits per heavy atom. The van der Waals surface area contributed by atoms with Gasteiger partial charge < -0.3 is 10.1 Å². The Labute approximate surface area is 155 Å². The molecule has 0 aliphatic heterocycles. The Morgan fingerprint density at radius 2 is 1.96 bits per heavy atom. The van der Waals surface area contributed by atoms with Crippen molar-refractivity contribution in [2.75, 3.05) is 7.11 Å². The molecule has 0 atom stereocenters. The van der Waals surface area contributed by atoms with Crippen molar-refractivity contribution in [1.82, 2.24) is 25.1 Å². The molecule has 0 spiro atoms. The maximum absolute atomic E-state index is 12.1. The van der Waals surface area contributed by atoms with Crippen LogP contribution < -0.4 is 10.1 Å². The van der Waals surface area contributed by atoms with Gasteiger partial charge in [0.15, 0.2) is 11.5 Å². The van der Waals surface area contributed by atoms with Crippen LogP contribution in [0, 0.1) is 0 Å². The van der Waals surface area contributed by atoms with Crippen molar-refractivity contribution in [2.24, 2.45) is 0 Å². The van der Waals surface area contributed by atoms with E-state index in [1.54, 1.807) is 23.9 Å². The summed E-state index contributed by atoms with van der Waals surface area (Å²) in [6.45, 7) is 0.372. The number of nitrogens with zero attached hydrogens (tertiary/aromatic N) is 4. The molecule has 0 aliphatic carbocycles. The lowest BCUT2D eigenvalue weighted by Gasteiger charge is -2.08. The lowest BCUT2D eigenvalue weighted by molar-refractivity contribution is -0.116. The first kappa shape index (κ1) is 16.7. The Bertz CT molecular complexity index is 1150. The monoisotopic (exact) mass is 359 g/mol. The molecule has 1 N–H and O–H groups in total. The summed E-state index contributed by atoms with van der Waals surface area (Å²) < 4.78 is 6.90. The van der Waals surface area contributed by atoms with Crippen LogP contribution in [0.25, 0.3) is 22.5 Å². The van der Waals surface area contributed by atoms with Crippen LogP contribution in [0.3, 0.4) is 0 Å². The summed E-state index contributed by atoms with van der Waals surface area (Å²) in [6, 6.07) is 15.4. The number of benzene rings is 2. The van der Waals surface area contributed by atoms with E-state index in [2.05, 4.69) is 20.6 Å². The number of carbonyl (C=O) groups excluding carboxylic acids is 1. The molecule has 2 aromatic heterocycles. The van der Waals surface area contributed by atoms with E-state index in [4.69, 9.17) is 4.74 Å². The highest BCUT2D eigenvalue weighted by Crippen LogP contribution is 2.18. The molecule has 0 saturated heterocycles. The standard InChI is InChI=1S/C20H17N5O2/c1-27-17-9-5-3-7-15(17)12-21-19(26)11-10-18-23-24-20-16-8-4-2-6-14(16)13-22-25(18)20/h2-11,13H,12H2,1H3,(H,21,26)/b11-10+. The SMILES string of the molecule is COc1ccccc1CNC(=O)/C=C/c1nnc2c3ccccc3cnn12. The van der Waals surface area contributed by atoms with E-state index >= 15 is 0 Å². The summed E-state index contributed by atoms with van der Waals surface area (Å²) in [5.74, 6) is 0.989. The molecular weight excluding hydrogens is 342 g/mol. The second-order valence-corrected chi connectivity index (χ2v) is 5.89. The fourth-order valence-corrected chi connectivity index (χ4v) is 2.85. The fraction of sp³-hybridized carbons (Fsp3) is 0.100. The number of methoxy groups -OCH3 is 1. The molecule has 0 fully saturated rings. The minimum Gasteiger partial charge on any atom is -0.496 e. The number of rotatable bonds is 5. The Kier molecular flexibility index (Phi) is 4.49. The molecule has 4 rings (SSSR count). The van der Waals surface area contributed by atoms with Gasteiger partial charge in [-0.05, 0) is 12.1 Å². The van der Waals surface area contributed by atoms with Gasteiger partial charge in [0.25, 0.3) is 0 Å².